The van der Waals surface area contributed by atoms with Crippen molar-refractivity contribution in [1.29, 1.82) is 0 Å². The van der Waals surface area contributed by atoms with Gasteiger partial charge in [-0.1, -0.05) is 63.3 Å². The van der Waals surface area contributed by atoms with E-state index < -0.39 is 0 Å². The number of aryl methyl sites for hydroxylation is 3. The Labute approximate surface area is 107 Å². The fourth-order valence-corrected chi connectivity index (χ4v) is 2.36. The third-order valence-electron chi connectivity index (χ3n) is 3.46. The van der Waals surface area contributed by atoms with Crippen molar-refractivity contribution in [3.8, 4) is 0 Å². The van der Waals surface area contributed by atoms with Crippen LogP contribution in [0.25, 0.3) is 0 Å². The first-order valence-corrected chi connectivity index (χ1v) is 7.36. The molecular weight excluding hydrogens is 204 g/mol. The van der Waals surface area contributed by atoms with E-state index in [0.717, 1.165) is 0 Å². The molecule has 96 valence electrons. The van der Waals surface area contributed by atoms with Gasteiger partial charge < -0.3 is 0 Å². The zero-order valence-electron chi connectivity index (χ0n) is 11.9. The smallest absolute Gasteiger partial charge is 0.0276 e. The Morgan fingerprint density at radius 1 is 0.765 bits per heavy atom. The van der Waals surface area contributed by atoms with Gasteiger partial charge in [0, 0.05) is 0 Å². The van der Waals surface area contributed by atoms with Crippen molar-refractivity contribution < 1.29 is 0 Å². The Morgan fingerprint density at radius 2 is 1.35 bits per heavy atom. The highest BCUT2D eigenvalue weighted by Gasteiger charge is 2.02. The second kappa shape index (κ2) is 8.33. The Balaban J connectivity index is 2.59. The van der Waals surface area contributed by atoms with Gasteiger partial charge in [0.15, 0.2) is 0 Å². The van der Waals surface area contributed by atoms with Crippen LogP contribution in [-0.2, 0) is 12.8 Å². The van der Waals surface area contributed by atoms with Gasteiger partial charge in [0.1, 0.15) is 0 Å². The lowest BCUT2D eigenvalue weighted by Gasteiger charge is -2.10. The molecule has 0 heterocycles. The van der Waals surface area contributed by atoms with Crippen LogP contribution in [0.3, 0.4) is 0 Å². The minimum atomic E-state index is 1.27. The minimum Gasteiger partial charge on any atom is -0.0654 e. The number of benzene rings is 1. The van der Waals surface area contributed by atoms with Crippen LogP contribution in [-0.4, -0.2) is 0 Å². The number of hydrogen-bond donors (Lipinski definition) is 0. The molecule has 0 spiro atoms. The third kappa shape index (κ3) is 5.39. The van der Waals surface area contributed by atoms with Crippen LogP contribution in [0.5, 0.6) is 0 Å². The molecular formula is C17H28. The quantitative estimate of drug-likeness (QED) is 0.522. The standard InChI is InChI=1S/C17H28/c1-4-6-8-10-16-13-12-15(3)14-17(16)11-9-7-5-2/h12-14H,4-11H2,1-3H3. The van der Waals surface area contributed by atoms with Crippen molar-refractivity contribution >= 4 is 0 Å². The van der Waals surface area contributed by atoms with Crippen molar-refractivity contribution in [1.82, 2.24) is 0 Å². The number of unbranched alkanes of at least 4 members (excludes halogenated alkanes) is 4. The molecule has 0 fully saturated rings. The lowest BCUT2D eigenvalue weighted by Crippen LogP contribution is -1.96. The first-order valence-electron chi connectivity index (χ1n) is 7.36. The van der Waals surface area contributed by atoms with Gasteiger partial charge in [0.25, 0.3) is 0 Å². The van der Waals surface area contributed by atoms with E-state index in [0.29, 0.717) is 0 Å². The molecule has 0 heteroatoms. The van der Waals surface area contributed by atoms with Gasteiger partial charge in [-0.05, 0) is 43.7 Å². The fourth-order valence-electron chi connectivity index (χ4n) is 2.36. The molecule has 0 aromatic heterocycles. The summed E-state index contributed by atoms with van der Waals surface area (Å²) in [5.41, 5.74) is 4.62. The summed E-state index contributed by atoms with van der Waals surface area (Å²) in [4.78, 5) is 0. The first kappa shape index (κ1) is 14.3. The Morgan fingerprint density at radius 3 is 1.94 bits per heavy atom. The lowest BCUT2D eigenvalue weighted by atomic mass is 9.95. The maximum Gasteiger partial charge on any atom is -0.0276 e. The molecule has 0 bridgehead atoms. The summed E-state index contributed by atoms with van der Waals surface area (Å²) >= 11 is 0. The second-order valence-electron chi connectivity index (χ2n) is 5.19. The van der Waals surface area contributed by atoms with Crippen molar-refractivity contribution in [2.75, 3.05) is 0 Å². The van der Waals surface area contributed by atoms with Crippen molar-refractivity contribution in [2.45, 2.75) is 72.1 Å². The zero-order valence-corrected chi connectivity index (χ0v) is 11.9. The molecule has 0 aliphatic carbocycles. The average Bonchev–Trinajstić information content (AvgIpc) is 2.32. The number of rotatable bonds is 8. The van der Waals surface area contributed by atoms with Gasteiger partial charge in [-0.15, -0.1) is 0 Å². The molecule has 0 atom stereocenters. The minimum absolute atomic E-state index is 1.27. The maximum atomic E-state index is 2.40. The van der Waals surface area contributed by atoms with Gasteiger partial charge in [-0.2, -0.15) is 0 Å². The Kier molecular flexibility index (Phi) is 7.00. The molecule has 0 amide bonds. The monoisotopic (exact) mass is 232 g/mol. The molecule has 1 rings (SSSR count). The first-order chi connectivity index (χ1) is 8.27. The van der Waals surface area contributed by atoms with Gasteiger partial charge in [0.05, 0.1) is 0 Å². The summed E-state index contributed by atoms with van der Waals surface area (Å²) < 4.78 is 0. The van der Waals surface area contributed by atoms with E-state index in [4.69, 9.17) is 0 Å². The van der Waals surface area contributed by atoms with E-state index in [1.807, 2.05) is 0 Å². The van der Waals surface area contributed by atoms with Crippen LogP contribution >= 0.6 is 0 Å². The van der Waals surface area contributed by atoms with Crippen LogP contribution < -0.4 is 0 Å². The topological polar surface area (TPSA) is 0 Å². The summed E-state index contributed by atoms with van der Waals surface area (Å²) in [6.45, 7) is 6.76. The predicted molar refractivity (Wildman–Crippen MR) is 77.6 cm³/mol. The third-order valence-corrected chi connectivity index (χ3v) is 3.46. The molecule has 0 aliphatic rings. The van der Waals surface area contributed by atoms with E-state index in [9.17, 15) is 0 Å². The molecule has 0 unspecified atom stereocenters. The maximum absolute atomic E-state index is 2.40. The number of hydrogen-bond acceptors (Lipinski definition) is 0. The van der Waals surface area contributed by atoms with Crippen LogP contribution in [0.15, 0.2) is 18.2 Å². The van der Waals surface area contributed by atoms with Crippen LogP contribution in [0.4, 0.5) is 0 Å². The predicted octanol–water partition coefficient (Wildman–Crippen LogP) is 5.46. The molecule has 1 aromatic carbocycles. The average molecular weight is 232 g/mol. The van der Waals surface area contributed by atoms with E-state index in [2.05, 4.69) is 39.0 Å². The molecule has 0 aliphatic heterocycles. The molecule has 0 radical (unpaired) electrons. The van der Waals surface area contributed by atoms with Crippen LogP contribution in [0, 0.1) is 6.92 Å². The molecule has 0 nitrogen and oxygen atoms in total. The summed E-state index contributed by atoms with van der Waals surface area (Å²) in [6.07, 6.45) is 10.6. The Bertz CT molecular complexity index is 312. The summed E-state index contributed by atoms with van der Waals surface area (Å²) in [5.74, 6) is 0. The Hall–Kier alpha value is -0.780. The molecule has 0 saturated carbocycles. The molecule has 0 saturated heterocycles. The summed E-state index contributed by atoms with van der Waals surface area (Å²) in [6, 6.07) is 7.02. The van der Waals surface area contributed by atoms with Crippen molar-refractivity contribution in [3.63, 3.8) is 0 Å². The van der Waals surface area contributed by atoms with E-state index in [1.54, 1.807) is 11.1 Å². The highest BCUT2D eigenvalue weighted by Crippen LogP contribution is 2.17. The van der Waals surface area contributed by atoms with Crippen molar-refractivity contribution in [3.05, 3.63) is 34.9 Å². The highest BCUT2D eigenvalue weighted by atomic mass is 14.1. The second-order valence-corrected chi connectivity index (χ2v) is 5.19. The van der Waals surface area contributed by atoms with Gasteiger partial charge in [-0.25, -0.2) is 0 Å². The van der Waals surface area contributed by atoms with E-state index >= 15 is 0 Å². The fraction of sp³-hybridized carbons (Fsp3) is 0.647. The molecule has 0 N–H and O–H groups in total. The molecule has 17 heavy (non-hydrogen) atoms. The van der Waals surface area contributed by atoms with E-state index in [1.165, 1.54) is 56.9 Å². The lowest BCUT2D eigenvalue weighted by molar-refractivity contribution is 0.693. The van der Waals surface area contributed by atoms with Gasteiger partial charge in [0.2, 0.25) is 0 Å². The zero-order chi connectivity index (χ0) is 12.5. The van der Waals surface area contributed by atoms with Gasteiger partial charge in [-0.3, -0.25) is 0 Å². The van der Waals surface area contributed by atoms with Gasteiger partial charge >= 0.3 is 0 Å². The largest absolute Gasteiger partial charge is 0.0654 e. The highest BCUT2D eigenvalue weighted by molar-refractivity contribution is 5.31. The van der Waals surface area contributed by atoms with Crippen LogP contribution in [0.2, 0.25) is 0 Å². The summed E-state index contributed by atoms with van der Waals surface area (Å²) in [7, 11) is 0. The molecule has 1 aromatic rings. The normalized spacial score (nSPS) is 10.8. The van der Waals surface area contributed by atoms with E-state index in [-0.39, 0.29) is 0 Å². The SMILES string of the molecule is CCCCCc1ccc(C)cc1CCCCC. The van der Waals surface area contributed by atoms with Crippen molar-refractivity contribution in [2.24, 2.45) is 0 Å². The van der Waals surface area contributed by atoms with Crippen LogP contribution in [0.1, 0.15) is 69.1 Å². The summed E-state index contributed by atoms with van der Waals surface area (Å²) in [5, 5.41) is 0.